The van der Waals surface area contributed by atoms with E-state index in [1.54, 1.807) is 24.3 Å². The van der Waals surface area contributed by atoms with Crippen molar-refractivity contribution >= 4 is 0 Å². The van der Waals surface area contributed by atoms with Crippen molar-refractivity contribution in [3.63, 3.8) is 0 Å². The third-order valence-electron chi connectivity index (χ3n) is 2.11. The largest absolute Gasteiger partial charge is 0.508 e. The van der Waals surface area contributed by atoms with E-state index >= 15 is 0 Å². The lowest BCUT2D eigenvalue weighted by Crippen LogP contribution is -2.38. The van der Waals surface area contributed by atoms with Crippen LogP contribution in [0.25, 0.3) is 0 Å². The van der Waals surface area contributed by atoms with E-state index in [2.05, 4.69) is 0 Å². The van der Waals surface area contributed by atoms with Gasteiger partial charge in [-0.25, -0.2) is 0 Å². The SMILES string of the molecule is Oc1ccc(OC2OC3OC23)cc1. The van der Waals surface area contributed by atoms with E-state index in [4.69, 9.17) is 19.3 Å². The number of phenols is 1. The summed E-state index contributed by atoms with van der Waals surface area (Å²) < 4.78 is 15.6. The molecule has 3 unspecified atom stereocenters. The Kier molecular flexibility index (Phi) is 1.31. The molecule has 0 aliphatic carbocycles. The van der Waals surface area contributed by atoms with E-state index in [-0.39, 0.29) is 24.4 Å². The van der Waals surface area contributed by atoms with Gasteiger partial charge >= 0.3 is 0 Å². The van der Waals surface area contributed by atoms with Crippen LogP contribution in [0.1, 0.15) is 0 Å². The predicted octanol–water partition coefficient (Wildman–Crippen LogP) is 0.852. The van der Waals surface area contributed by atoms with Gasteiger partial charge in [-0.2, -0.15) is 0 Å². The quantitative estimate of drug-likeness (QED) is 0.685. The molecule has 0 saturated carbocycles. The summed E-state index contributed by atoms with van der Waals surface area (Å²) in [6.45, 7) is 0. The predicted molar refractivity (Wildman–Crippen MR) is 42.3 cm³/mol. The van der Waals surface area contributed by atoms with Crippen molar-refractivity contribution in [1.29, 1.82) is 0 Å². The highest BCUT2D eigenvalue weighted by Crippen LogP contribution is 2.40. The molecule has 4 nitrogen and oxygen atoms in total. The summed E-state index contributed by atoms with van der Waals surface area (Å²) in [5.74, 6) is 0.902. The Hall–Kier alpha value is -1.26. The normalized spacial score (nSPS) is 34.6. The summed E-state index contributed by atoms with van der Waals surface area (Å²) in [5.41, 5.74) is 0. The third-order valence-corrected chi connectivity index (χ3v) is 2.11. The van der Waals surface area contributed by atoms with Crippen LogP contribution in [-0.4, -0.2) is 23.8 Å². The molecule has 2 fully saturated rings. The van der Waals surface area contributed by atoms with Crippen LogP contribution in [0.3, 0.4) is 0 Å². The zero-order valence-corrected chi connectivity index (χ0v) is 6.71. The average Bonchev–Trinajstić information content (AvgIpc) is 2.76. The Balaban J connectivity index is 1.68. The van der Waals surface area contributed by atoms with Crippen LogP contribution in [0, 0.1) is 0 Å². The van der Waals surface area contributed by atoms with E-state index in [9.17, 15) is 0 Å². The van der Waals surface area contributed by atoms with Gasteiger partial charge in [0.15, 0.2) is 12.4 Å². The van der Waals surface area contributed by atoms with Crippen LogP contribution in [0.4, 0.5) is 0 Å². The molecule has 1 aromatic carbocycles. The van der Waals surface area contributed by atoms with Gasteiger partial charge in [0.2, 0.25) is 6.29 Å². The molecule has 2 aliphatic rings. The maximum atomic E-state index is 9.01. The van der Waals surface area contributed by atoms with Gasteiger partial charge in [-0.15, -0.1) is 0 Å². The highest BCUT2D eigenvalue weighted by atomic mass is 16.9. The highest BCUT2D eigenvalue weighted by Gasteiger charge is 2.60. The van der Waals surface area contributed by atoms with Gasteiger partial charge in [-0.3, -0.25) is 0 Å². The second-order valence-corrected chi connectivity index (χ2v) is 3.09. The molecule has 0 bridgehead atoms. The van der Waals surface area contributed by atoms with Crippen molar-refractivity contribution in [3.05, 3.63) is 24.3 Å². The number of aromatic hydroxyl groups is 1. The number of phenolic OH excluding ortho intramolecular Hbond substituents is 1. The van der Waals surface area contributed by atoms with E-state index < -0.39 is 0 Å². The first kappa shape index (κ1) is 7.17. The minimum Gasteiger partial charge on any atom is -0.508 e. The molecule has 0 spiro atoms. The highest BCUT2D eigenvalue weighted by molar-refractivity contribution is 5.30. The number of rotatable bonds is 2. The van der Waals surface area contributed by atoms with Gasteiger partial charge in [0, 0.05) is 0 Å². The second-order valence-electron chi connectivity index (χ2n) is 3.09. The minimum absolute atomic E-state index is 0.0258. The van der Waals surface area contributed by atoms with Gasteiger partial charge in [0.05, 0.1) is 0 Å². The summed E-state index contributed by atoms with van der Waals surface area (Å²) in [6, 6.07) is 6.52. The van der Waals surface area contributed by atoms with Crippen LogP contribution < -0.4 is 4.74 Å². The van der Waals surface area contributed by atoms with Crippen molar-refractivity contribution in [2.75, 3.05) is 0 Å². The number of epoxide rings is 1. The molecular weight excluding hydrogens is 172 g/mol. The van der Waals surface area contributed by atoms with Crippen molar-refractivity contribution in [2.45, 2.75) is 18.7 Å². The van der Waals surface area contributed by atoms with Crippen molar-refractivity contribution in [3.8, 4) is 11.5 Å². The first-order chi connectivity index (χ1) is 6.33. The van der Waals surface area contributed by atoms with Crippen LogP contribution in [0.2, 0.25) is 0 Å². The molecule has 2 heterocycles. The maximum Gasteiger partial charge on any atom is 0.233 e. The van der Waals surface area contributed by atoms with E-state index in [1.165, 1.54) is 0 Å². The molecule has 3 atom stereocenters. The van der Waals surface area contributed by atoms with Gasteiger partial charge in [-0.1, -0.05) is 0 Å². The number of benzene rings is 1. The summed E-state index contributed by atoms with van der Waals surface area (Å²) in [5, 5.41) is 9.01. The zero-order valence-electron chi connectivity index (χ0n) is 6.71. The first-order valence-electron chi connectivity index (χ1n) is 4.09. The van der Waals surface area contributed by atoms with Gasteiger partial charge < -0.3 is 19.3 Å². The van der Waals surface area contributed by atoms with Crippen molar-refractivity contribution < 1.29 is 19.3 Å². The smallest absolute Gasteiger partial charge is 0.233 e. The minimum atomic E-state index is -0.269. The fraction of sp³-hybridized carbons (Fsp3) is 0.333. The van der Waals surface area contributed by atoms with Crippen LogP contribution in [0.15, 0.2) is 24.3 Å². The Labute approximate surface area is 74.6 Å². The number of fused-ring (bicyclic) bond motifs is 1. The summed E-state index contributed by atoms with van der Waals surface area (Å²) >= 11 is 0. The first-order valence-corrected chi connectivity index (χ1v) is 4.09. The number of hydrogen-bond donors (Lipinski definition) is 1. The molecule has 4 heteroatoms. The molecule has 2 aliphatic heterocycles. The topological polar surface area (TPSA) is 51.2 Å². The van der Waals surface area contributed by atoms with Crippen molar-refractivity contribution in [1.82, 2.24) is 0 Å². The van der Waals surface area contributed by atoms with Gasteiger partial charge in [0.25, 0.3) is 0 Å². The number of ether oxygens (including phenoxy) is 3. The second kappa shape index (κ2) is 2.37. The standard InChI is InChI=1S/C9H8O4/c10-5-1-3-6(4-2-5)11-8-7-9(12-7)13-8/h1-4,7-10H. The Bertz CT molecular complexity index is 321. The molecule has 0 radical (unpaired) electrons. The third kappa shape index (κ3) is 1.15. The molecule has 68 valence electrons. The Morgan fingerprint density at radius 3 is 2.46 bits per heavy atom. The fourth-order valence-corrected chi connectivity index (χ4v) is 1.29. The Morgan fingerprint density at radius 1 is 1.15 bits per heavy atom. The molecule has 1 aromatic rings. The van der Waals surface area contributed by atoms with E-state index in [0.29, 0.717) is 5.75 Å². The maximum absolute atomic E-state index is 9.01. The van der Waals surface area contributed by atoms with Crippen molar-refractivity contribution in [2.24, 2.45) is 0 Å². The molecule has 1 N–H and O–H groups in total. The van der Waals surface area contributed by atoms with Crippen LogP contribution in [-0.2, 0) is 9.47 Å². The lowest BCUT2D eigenvalue weighted by Gasteiger charge is -2.21. The molecule has 13 heavy (non-hydrogen) atoms. The average molecular weight is 180 g/mol. The van der Waals surface area contributed by atoms with Gasteiger partial charge in [-0.05, 0) is 24.3 Å². The van der Waals surface area contributed by atoms with Gasteiger partial charge in [0.1, 0.15) is 11.5 Å². The summed E-state index contributed by atoms with van der Waals surface area (Å²) in [4.78, 5) is 0. The lowest BCUT2D eigenvalue weighted by atomic mass is 10.3. The molecule has 0 aromatic heterocycles. The molecule has 3 rings (SSSR count). The van der Waals surface area contributed by atoms with E-state index in [0.717, 1.165) is 0 Å². The zero-order chi connectivity index (χ0) is 8.84. The Morgan fingerprint density at radius 2 is 1.92 bits per heavy atom. The number of hydrogen-bond acceptors (Lipinski definition) is 4. The lowest BCUT2D eigenvalue weighted by molar-refractivity contribution is -0.152. The van der Waals surface area contributed by atoms with Crippen LogP contribution >= 0.6 is 0 Å². The summed E-state index contributed by atoms with van der Waals surface area (Å²) in [6.07, 6.45) is -0.175. The molecule has 2 saturated heterocycles. The molecule has 0 amide bonds. The molecular formula is C9H8O4. The van der Waals surface area contributed by atoms with E-state index in [1.807, 2.05) is 0 Å². The van der Waals surface area contributed by atoms with Crippen LogP contribution in [0.5, 0.6) is 11.5 Å². The fourth-order valence-electron chi connectivity index (χ4n) is 1.29. The monoisotopic (exact) mass is 180 g/mol. The summed E-state index contributed by atoms with van der Waals surface area (Å²) in [7, 11) is 0.